The van der Waals surface area contributed by atoms with E-state index in [1.807, 2.05) is 0 Å². The van der Waals surface area contributed by atoms with Crippen LogP contribution >= 0.6 is 15.9 Å². The lowest BCUT2D eigenvalue weighted by molar-refractivity contribution is -0.140. The second-order valence-electron chi connectivity index (χ2n) is 3.13. The van der Waals surface area contributed by atoms with Crippen molar-refractivity contribution < 1.29 is 14.7 Å². The number of carboxylic acids is 1. The molecule has 0 aromatic heterocycles. The Hall–Kier alpha value is -0.710. The molecule has 0 saturated heterocycles. The minimum atomic E-state index is -1.10. The van der Waals surface area contributed by atoms with E-state index in [9.17, 15) is 9.59 Å². The van der Waals surface area contributed by atoms with Crippen molar-refractivity contribution in [3.8, 4) is 0 Å². The summed E-state index contributed by atoms with van der Waals surface area (Å²) in [5.41, 5.74) is -0.299. The number of hydrogen-bond acceptors (Lipinski definition) is 3. The molecule has 0 heterocycles. The largest absolute Gasteiger partial charge is 0.481 e. The third kappa shape index (κ3) is 3.21. The lowest BCUT2D eigenvalue weighted by Crippen LogP contribution is -2.32. The normalized spacial score (nSPS) is 14.5. The zero-order chi connectivity index (χ0) is 11.3. The van der Waals surface area contributed by atoms with Gasteiger partial charge in [0, 0.05) is 11.2 Å². The average Bonchev–Trinajstić information content (AvgIpc) is 2.15. The molecule has 2 N–H and O–H groups in total. The molecule has 2 atom stereocenters. The highest BCUT2D eigenvalue weighted by molar-refractivity contribution is 9.09. The predicted octanol–water partition coefficient (Wildman–Crippen LogP) is 1.72. The highest BCUT2D eigenvalue weighted by atomic mass is 79.9. The highest BCUT2D eigenvalue weighted by Gasteiger charge is 2.28. The van der Waals surface area contributed by atoms with Crippen molar-refractivity contribution >= 4 is 33.4 Å². The first-order valence-electron chi connectivity index (χ1n) is 4.37. The van der Waals surface area contributed by atoms with E-state index < -0.39 is 17.7 Å². The fourth-order valence-corrected chi connectivity index (χ4v) is 1.30. The second-order valence-corrected chi connectivity index (χ2v) is 3.78. The molecule has 80 valence electrons. The van der Waals surface area contributed by atoms with Gasteiger partial charge in [-0.1, -0.05) is 29.8 Å². The van der Waals surface area contributed by atoms with Crippen LogP contribution in [0, 0.1) is 17.2 Å². The number of carboxylic acid groups (broad SMARTS) is 1. The Kier molecular flexibility index (Phi) is 5.60. The number of carbonyl (C=O) groups is 2. The molecule has 0 saturated carbocycles. The number of aliphatic carboxylic acids is 1. The molecule has 14 heavy (non-hydrogen) atoms. The summed E-state index contributed by atoms with van der Waals surface area (Å²) in [6.07, 6.45) is 0.273. The Bertz CT molecular complexity index is 252. The van der Waals surface area contributed by atoms with Crippen LogP contribution in [0.25, 0.3) is 0 Å². The molecule has 5 heteroatoms. The molecule has 0 amide bonds. The van der Waals surface area contributed by atoms with E-state index in [1.165, 1.54) is 0 Å². The number of alkyl halides is 1. The molecule has 1 unspecified atom stereocenters. The zero-order valence-electron chi connectivity index (χ0n) is 8.21. The maximum absolute atomic E-state index is 11.5. The van der Waals surface area contributed by atoms with Gasteiger partial charge < -0.3 is 10.5 Å². The fraction of sp³-hybridized carbons (Fsp3) is 0.667. The van der Waals surface area contributed by atoms with Crippen molar-refractivity contribution in [3.63, 3.8) is 0 Å². The van der Waals surface area contributed by atoms with E-state index in [2.05, 4.69) is 15.9 Å². The van der Waals surface area contributed by atoms with E-state index in [0.717, 1.165) is 0 Å². The molecule has 0 rings (SSSR count). The molecule has 0 spiro atoms. The lowest BCUT2D eigenvalue weighted by atomic mass is 9.92. The van der Waals surface area contributed by atoms with E-state index in [4.69, 9.17) is 10.5 Å². The van der Waals surface area contributed by atoms with Gasteiger partial charge in [0.2, 0.25) is 0 Å². The van der Waals surface area contributed by atoms with Gasteiger partial charge in [-0.2, -0.15) is 0 Å². The van der Waals surface area contributed by atoms with Crippen molar-refractivity contribution in [1.82, 2.24) is 0 Å². The minimum absolute atomic E-state index is 0.273. The number of rotatable bonds is 6. The first-order valence-corrected chi connectivity index (χ1v) is 5.49. The van der Waals surface area contributed by atoms with Crippen LogP contribution < -0.4 is 0 Å². The maximum atomic E-state index is 11.5. The molecule has 0 aliphatic heterocycles. The molecule has 0 aromatic rings. The van der Waals surface area contributed by atoms with Crippen LogP contribution in [-0.4, -0.2) is 27.9 Å². The van der Waals surface area contributed by atoms with Gasteiger partial charge in [0.15, 0.2) is 5.78 Å². The van der Waals surface area contributed by atoms with Gasteiger partial charge in [-0.25, -0.2) is 0 Å². The van der Waals surface area contributed by atoms with Crippen molar-refractivity contribution in [3.05, 3.63) is 0 Å². The number of hydrogen-bond donors (Lipinski definition) is 2. The third-order valence-electron chi connectivity index (χ3n) is 2.00. The number of Topliss-reactive ketones (excluding diaryl/α,β-unsaturated/α-hetero) is 1. The van der Waals surface area contributed by atoms with E-state index in [0.29, 0.717) is 5.33 Å². The summed E-state index contributed by atoms with van der Waals surface area (Å²) in [5, 5.41) is 16.7. The van der Waals surface area contributed by atoms with Gasteiger partial charge in [0.1, 0.15) is 5.92 Å². The van der Waals surface area contributed by atoms with Crippen LogP contribution in [0.2, 0.25) is 0 Å². The van der Waals surface area contributed by atoms with Gasteiger partial charge in [-0.15, -0.1) is 0 Å². The average molecular weight is 264 g/mol. The van der Waals surface area contributed by atoms with E-state index in [1.54, 1.807) is 13.8 Å². The first kappa shape index (κ1) is 13.3. The predicted molar refractivity (Wildman–Crippen MR) is 57.1 cm³/mol. The molecule has 0 aromatic carbocycles. The van der Waals surface area contributed by atoms with Gasteiger partial charge in [-0.3, -0.25) is 9.59 Å². The molecule has 0 bridgehead atoms. The topological polar surface area (TPSA) is 78.2 Å². The Morgan fingerprint density at radius 1 is 1.50 bits per heavy atom. The van der Waals surface area contributed by atoms with Crippen molar-refractivity contribution in [2.24, 2.45) is 11.8 Å². The summed E-state index contributed by atoms with van der Waals surface area (Å²) in [4.78, 5) is 22.1. The van der Waals surface area contributed by atoms with Gasteiger partial charge in [0.25, 0.3) is 0 Å². The first-order chi connectivity index (χ1) is 6.45. The van der Waals surface area contributed by atoms with E-state index in [-0.39, 0.29) is 18.1 Å². The molecular weight excluding hydrogens is 250 g/mol. The van der Waals surface area contributed by atoms with Gasteiger partial charge in [0.05, 0.1) is 5.71 Å². The Morgan fingerprint density at radius 3 is 2.29 bits per heavy atom. The fourth-order valence-electron chi connectivity index (χ4n) is 1.01. The number of nitrogens with one attached hydrogen (secondary N) is 1. The molecule has 4 nitrogen and oxygen atoms in total. The number of halogens is 1. The van der Waals surface area contributed by atoms with Crippen molar-refractivity contribution in [1.29, 1.82) is 5.41 Å². The molecule has 0 radical (unpaired) electrons. The van der Waals surface area contributed by atoms with Crippen LogP contribution in [0.5, 0.6) is 0 Å². The van der Waals surface area contributed by atoms with Crippen LogP contribution in [-0.2, 0) is 9.59 Å². The van der Waals surface area contributed by atoms with Crippen LogP contribution in [0.3, 0.4) is 0 Å². The quantitative estimate of drug-likeness (QED) is 0.566. The molecular formula is C9H14BrNO3. The minimum Gasteiger partial charge on any atom is -0.481 e. The second kappa shape index (κ2) is 5.90. The maximum Gasteiger partial charge on any atom is 0.312 e. The number of ketones is 1. The van der Waals surface area contributed by atoms with Crippen molar-refractivity contribution in [2.45, 2.75) is 20.3 Å². The van der Waals surface area contributed by atoms with Crippen LogP contribution in [0.1, 0.15) is 20.3 Å². The van der Waals surface area contributed by atoms with Gasteiger partial charge >= 0.3 is 5.97 Å². The monoisotopic (exact) mass is 263 g/mol. The number of carbonyl (C=O) groups excluding carboxylic acids is 1. The van der Waals surface area contributed by atoms with Gasteiger partial charge in [-0.05, 0) is 6.42 Å². The zero-order valence-corrected chi connectivity index (χ0v) is 9.80. The highest BCUT2D eigenvalue weighted by Crippen LogP contribution is 2.11. The smallest absolute Gasteiger partial charge is 0.312 e. The summed E-state index contributed by atoms with van der Waals surface area (Å²) in [5.74, 6) is -2.80. The molecule has 0 aliphatic rings. The standard InChI is InChI=1S/C9H14BrNO3/c1-3-6(9(13)14)7(11)8(12)5(2)4-10/h5-6,11H,3-4H2,1-2H3,(H,13,14)/t5-,6?/m0/s1. The molecule has 0 fully saturated rings. The third-order valence-corrected chi connectivity index (χ3v) is 2.97. The summed E-state index contributed by atoms with van der Waals surface area (Å²) in [6, 6.07) is 0. The summed E-state index contributed by atoms with van der Waals surface area (Å²) >= 11 is 3.13. The summed E-state index contributed by atoms with van der Waals surface area (Å²) in [6.45, 7) is 3.32. The lowest BCUT2D eigenvalue weighted by Gasteiger charge is -2.13. The van der Waals surface area contributed by atoms with Crippen LogP contribution in [0.4, 0.5) is 0 Å². The SMILES string of the molecule is CCC(C(=N)C(=O)[C@@H](C)CBr)C(=O)O. The van der Waals surface area contributed by atoms with Crippen molar-refractivity contribution in [2.75, 3.05) is 5.33 Å². The summed E-state index contributed by atoms with van der Waals surface area (Å²) < 4.78 is 0. The van der Waals surface area contributed by atoms with Crippen LogP contribution in [0.15, 0.2) is 0 Å². The summed E-state index contributed by atoms with van der Waals surface area (Å²) in [7, 11) is 0. The van der Waals surface area contributed by atoms with E-state index >= 15 is 0 Å². The Balaban J connectivity index is 4.59. The Labute approximate surface area is 91.3 Å². The molecule has 0 aliphatic carbocycles. The Morgan fingerprint density at radius 2 is 2.00 bits per heavy atom.